The molecule has 3 aromatic heterocycles. The van der Waals surface area contributed by atoms with Gasteiger partial charge in [0.15, 0.2) is 5.65 Å². The zero-order valence-electron chi connectivity index (χ0n) is 10.7. The summed E-state index contributed by atoms with van der Waals surface area (Å²) < 4.78 is 7.07. The molecule has 19 heavy (non-hydrogen) atoms. The summed E-state index contributed by atoms with van der Waals surface area (Å²) in [5.74, 6) is 1.57. The van der Waals surface area contributed by atoms with Gasteiger partial charge in [-0.15, -0.1) is 11.6 Å². The number of hydrogen-bond acceptors (Lipinski definition) is 4. The molecule has 98 valence electrons. The van der Waals surface area contributed by atoms with E-state index in [4.69, 9.17) is 16.1 Å². The number of rotatable bonds is 3. The van der Waals surface area contributed by atoms with Crippen LogP contribution in [0.5, 0.6) is 0 Å². The lowest BCUT2D eigenvalue weighted by Gasteiger charge is -2.07. The first-order valence-corrected chi connectivity index (χ1v) is 6.46. The molecular weight excluding hydrogens is 264 g/mol. The lowest BCUT2D eigenvalue weighted by molar-refractivity contribution is 0.389. The Hall–Kier alpha value is -1.88. The van der Waals surface area contributed by atoms with Crippen molar-refractivity contribution in [2.45, 2.75) is 25.8 Å². The van der Waals surface area contributed by atoms with Crippen LogP contribution in [0.2, 0.25) is 0 Å². The van der Waals surface area contributed by atoms with Gasteiger partial charge in [0.25, 0.3) is 0 Å². The van der Waals surface area contributed by atoms with Crippen LogP contribution in [0.1, 0.15) is 29.6 Å². The maximum absolute atomic E-state index is 6.20. The van der Waals surface area contributed by atoms with E-state index in [-0.39, 0.29) is 5.38 Å². The van der Waals surface area contributed by atoms with Gasteiger partial charge in [-0.25, -0.2) is 9.97 Å². The van der Waals surface area contributed by atoms with Crippen molar-refractivity contribution >= 4 is 22.8 Å². The molecule has 3 aromatic rings. The molecule has 0 aliphatic rings. The number of halogens is 1. The van der Waals surface area contributed by atoms with Gasteiger partial charge in [0.2, 0.25) is 0 Å². The highest BCUT2D eigenvalue weighted by atomic mass is 35.5. The van der Waals surface area contributed by atoms with Gasteiger partial charge < -0.3 is 9.09 Å². The molecule has 0 saturated heterocycles. The van der Waals surface area contributed by atoms with Crippen LogP contribution in [0.25, 0.3) is 11.2 Å². The third-order valence-corrected chi connectivity index (χ3v) is 3.08. The number of fused-ring (bicyclic) bond motifs is 1. The van der Waals surface area contributed by atoms with E-state index in [1.54, 1.807) is 6.20 Å². The van der Waals surface area contributed by atoms with Crippen molar-refractivity contribution in [1.29, 1.82) is 0 Å². The summed E-state index contributed by atoms with van der Waals surface area (Å²) in [7, 11) is 0. The second-order valence-electron chi connectivity index (χ2n) is 4.45. The van der Waals surface area contributed by atoms with E-state index in [9.17, 15) is 0 Å². The van der Waals surface area contributed by atoms with Crippen molar-refractivity contribution in [3.05, 3.63) is 41.7 Å². The van der Waals surface area contributed by atoms with E-state index in [0.717, 1.165) is 28.4 Å². The highest BCUT2D eigenvalue weighted by Crippen LogP contribution is 2.24. The normalized spacial score (nSPS) is 13.0. The summed E-state index contributed by atoms with van der Waals surface area (Å²) in [6.45, 7) is 4.32. The van der Waals surface area contributed by atoms with Gasteiger partial charge in [0.1, 0.15) is 22.8 Å². The Balaban J connectivity index is 2.12. The van der Waals surface area contributed by atoms with E-state index in [0.29, 0.717) is 6.54 Å². The molecule has 0 radical (unpaired) electrons. The Labute approximate surface area is 115 Å². The number of hydrogen-bond donors (Lipinski definition) is 0. The van der Waals surface area contributed by atoms with Gasteiger partial charge in [-0.3, -0.25) is 0 Å². The molecule has 0 aliphatic heterocycles. The minimum atomic E-state index is -0.192. The molecule has 0 fully saturated rings. The lowest BCUT2D eigenvalue weighted by atomic mass is 10.3. The molecule has 0 spiro atoms. The Morgan fingerprint density at radius 3 is 3.00 bits per heavy atom. The Kier molecular flexibility index (Phi) is 2.98. The van der Waals surface area contributed by atoms with Crippen LogP contribution in [0.4, 0.5) is 0 Å². The maximum atomic E-state index is 6.20. The first-order valence-electron chi connectivity index (χ1n) is 6.02. The van der Waals surface area contributed by atoms with Crippen LogP contribution in [0.3, 0.4) is 0 Å². The molecule has 1 unspecified atom stereocenters. The van der Waals surface area contributed by atoms with Gasteiger partial charge >= 0.3 is 0 Å². The van der Waals surface area contributed by atoms with Crippen LogP contribution in [-0.4, -0.2) is 19.7 Å². The summed E-state index contributed by atoms with van der Waals surface area (Å²) in [5, 5.41) is 3.81. The zero-order chi connectivity index (χ0) is 13.4. The quantitative estimate of drug-likeness (QED) is 0.690. The fourth-order valence-electron chi connectivity index (χ4n) is 2.09. The summed E-state index contributed by atoms with van der Waals surface area (Å²) in [6.07, 6.45) is 1.75. The second kappa shape index (κ2) is 4.66. The van der Waals surface area contributed by atoms with Crippen molar-refractivity contribution < 1.29 is 4.52 Å². The van der Waals surface area contributed by atoms with Gasteiger partial charge in [0, 0.05) is 12.3 Å². The molecule has 0 amide bonds. The third kappa shape index (κ3) is 2.21. The van der Waals surface area contributed by atoms with Gasteiger partial charge in [-0.1, -0.05) is 5.16 Å². The monoisotopic (exact) mass is 276 g/mol. The minimum absolute atomic E-state index is 0.192. The fraction of sp³-hybridized carbons (Fsp3) is 0.308. The van der Waals surface area contributed by atoms with E-state index in [1.165, 1.54) is 0 Å². The molecule has 6 heteroatoms. The first-order chi connectivity index (χ1) is 9.15. The molecule has 0 bridgehead atoms. The predicted octanol–water partition coefficient (Wildman–Crippen LogP) is 3.08. The molecular formula is C13H13ClN4O. The van der Waals surface area contributed by atoms with Crippen LogP contribution < -0.4 is 0 Å². The molecule has 1 atom stereocenters. The van der Waals surface area contributed by atoms with Gasteiger partial charge in [0.05, 0.1) is 11.9 Å². The topological polar surface area (TPSA) is 56.7 Å². The van der Waals surface area contributed by atoms with Crippen molar-refractivity contribution in [2.75, 3.05) is 0 Å². The predicted molar refractivity (Wildman–Crippen MR) is 72.1 cm³/mol. The van der Waals surface area contributed by atoms with E-state index < -0.39 is 0 Å². The van der Waals surface area contributed by atoms with Gasteiger partial charge in [-0.05, 0) is 26.0 Å². The van der Waals surface area contributed by atoms with Crippen LogP contribution >= 0.6 is 11.6 Å². The molecule has 5 nitrogen and oxygen atoms in total. The van der Waals surface area contributed by atoms with Crippen molar-refractivity contribution in [1.82, 2.24) is 19.7 Å². The second-order valence-corrected chi connectivity index (χ2v) is 5.10. The Bertz CT molecular complexity index is 716. The number of imidazole rings is 1. The van der Waals surface area contributed by atoms with E-state index in [2.05, 4.69) is 15.1 Å². The molecule has 0 N–H and O–H groups in total. The van der Waals surface area contributed by atoms with E-state index >= 15 is 0 Å². The average Bonchev–Trinajstić information content (AvgIpc) is 2.95. The van der Waals surface area contributed by atoms with Crippen LogP contribution in [0, 0.1) is 6.92 Å². The Morgan fingerprint density at radius 2 is 2.32 bits per heavy atom. The number of nitrogens with zero attached hydrogens (tertiary/aromatic N) is 4. The Morgan fingerprint density at radius 1 is 1.47 bits per heavy atom. The van der Waals surface area contributed by atoms with E-state index in [1.807, 2.05) is 36.6 Å². The average molecular weight is 277 g/mol. The summed E-state index contributed by atoms with van der Waals surface area (Å²) >= 11 is 6.20. The number of aromatic nitrogens is 4. The molecule has 0 aliphatic carbocycles. The largest absolute Gasteiger partial charge is 0.361 e. The highest BCUT2D eigenvalue weighted by molar-refractivity contribution is 6.20. The SMILES string of the molecule is Cc1cc(Cn2c(C(C)Cl)nc3cccnc32)no1. The van der Waals surface area contributed by atoms with Crippen LogP contribution in [-0.2, 0) is 6.54 Å². The summed E-state index contributed by atoms with van der Waals surface area (Å²) in [6, 6.07) is 5.69. The first kappa shape index (κ1) is 12.2. The van der Waals surface area contributed by atoms with Crippen molar-refractivity contribution in [3.63, 3.8) is 0 Å². The number of alkyl halides is 1. The molecule has 0 aromatic carbocycles. The van der Waals surface area contributed by atoms with Gasteiger partial charge in [-0.2, -0.15) is 0 Å². The highest BCUT2D eigenvalue weighted by Gasteiger charge is 2.16. The van der Waals surface area contributed by atoms with Crippen molar-refractivity contribution in [3.8, 4) is 0 Å². The van der Waals surface area contributed by atoms with Crippen molar-refractivity contribution in [2.24, 2.45) is 0 Å². The lowest BCUT2D eigenvalue weighted by Crippen LogP contribution is -2.06. The molecule has 3 rings (SSSR count). The standard InChI is InChI=1S/C13H13ClN4O/c1-8-6-10(17-19-8)7-18-12(9(2)14)16-11-4-3-5-15-13(11)18/h3-6,9H,7H2,1-2H3. The van der Waals surface area contributed by atoms with Crippen LogP contribution in [0.15, 0.2) is 28.9 Å². The zero-order valence-corrected chi connectivity index (χ0v) is 11.4. The maximum Gasteiger partial charge on any atom is 0.160 e. The molecule has 3 heterocycles. The molecule has 0 saturated carbocycles. The summed E-state index contributed by atoms with van der Waals surface area (Å²) in [4.78, 5) is 8.90. The smallest absolute Gasteiger partial charge is 0.160 e. The number of pyridine rings is 1. The minimum Gasteiger partial charge on any atom is -0.361 e. The third-order valence-electron chi connectivity index (χ3n) is 2.89. The number of aryl methyl sites for hydroxylation is 1. The fourth-order valence-corrected chi connectivity index (χ4v) is 2.26. The summed E-state index contributed by atoms with van der Waals surface area (Å²) in [5.41, 5.74) is 2.48.